The maximum atomic E-state index is 12.2. The van der Waals surface area contributed by atoms with Gasteiger partial charge in [0, 0.05) is 25.7 Å². The van der Waals surface area contributed by atoms with Crippen molar-refractivity contribution >= 4 is 6.09 Å². The molecule has 0 aromatic carbocycles. The minimum Gasteiger partial charge on any atom is -0.444 e. The number of nitrogens with zero attached hydrogens (tertiary/aromatic N) is 1. The van der Waals surface area contributed by atoms with E-state index in [1.54, 1.807) is 0 Å². The Morgan fingerprint density at radius 3 is 2.23 bits per heavy atom. The average Bonchev–Trinajstić information content (AvgIpc) is 2.42. The first kappa shape index (κ1) is 21.2. The average molecular weight is 315 g/mol. The molecule has 1 N–H and O–H groups in total. The normalized spacial score (nSPS) is 14.5. The van der Waals surface area contributed by atoms with E-state index < -0.39 is 5.60 Å². The fraction of sp³-hybridized carbons (Fsp3) is 0.944. The molecule has 0 bridgehead atoms. The molecule has 0 heterocycles. The molecule has 0 radical (unpaired) electrons. The number of hydrogen-bond donors (Lipinski definition) is 1. The van der Waals surface area contributed by atoms with Gasteiger partial charge in [0.25, 0.3) is 0 Å². The van der Waals surface area contributed by atoms with Crippen LogP contribution in [0.5, 0.6) is 0 Å². The Morgan fingerprint density at radius 2 is 1.77 bits per heavy atom. The zero-order valence-electron chi connectivity index (χ0n) is 15.9. The van der Waals surface area contributed by atoms with Crippen molar-refractivity contribution in [3.63, 3.8) is 0 Å². The second kappa shape index (κ2) is 10.9. The van der Waals surface area contributed by atoms with Crippen molar-refractivity contribution in [3.8, 4) is 0 Å². The number of carbonyl (C=O) groups excluding carboxylic acids is 1. The van der Waals surface area contributed by atoms with Gasteiger partial charge in [-0.05, 0) is 46.0 Å². The number of carbonyl (C=O) groups is 1. The van der Waals surface area contributed by atoms with Gasteiger partial charge < -0.3 is 15.0 Å². The predicted molar refractivity (Wildman–Crippen MR) is 94.3 cm³/mol. The first-order valence-electron chi connectivity index (χ1n) is 8.94. The van der Waals surface area contributed by atoms with E-state index in [1.807, 2.05) is 25.7 Å². The largest absolute Gasteiger partial charge is 0.444 e. The number of hydrogen-bond acceptors (Lipinski definition) is 3. The first-order valence-corrected chi connectivity index (χ1v) is 8.94. The second-order valence-electron chi connectivity index (χ2n) is 7.28. The molecule has 0 aliphatic heterocycles. The number of nitrogens with one attached hydrogen (secondary N) is 1. The number of amides is 1. The molecule has 22 heavy (non-hydrogen) atoms. The van der Waals surface area contributed by atoms with Crippen molar-refractivity contribution in [1.29, 1.82) is 0 Å². The van der Waals surface area contributed by atoms with E-state index in [1.165, 1.54) is 12.8 Å². The summed E-state index contributed by atoms with van der Waals surface area (Å²) in [5.74, 6) is 0.745. The molecule has 2 unspecified atom stereocenters. The van der Waals surface area contributed by atoms with Gasteiger partial charge in [-0.3, -0.25) is 0 Å². The van der Waals surface area contributed by atoms with E-state index in [4.69, 9.17) is 4.74 Å². The Morgan fingerprint density at radius 1 is 1.14 bits per heavy atom. The molecule has 0 aliphatic carbocycles. The maximum Gasteiger partial charge on any atom is 0.410 e. The van der Waals surface area contributed by atoms with E-state index in [-0.39, 0.29) is 6.09 Å². The quantitative estimate of drug-likeness (QED) is 0.648. The molecule has 0 rings (SSSR count). The highest BCUT2D eigenvalue weighted by molar-refractivity contribution is 5.68. The van der Waals surface area contributed by atoms with E-state index >= 15 is 0 Å². The van der Waals surface area contributed by atoms with E-state index in [0.717, 1.165) is 31.8 Å². The Bertz CT molecular complexity index is 300. The van der Waals surface area contributed by atoms with Crippen LogP contribution in [0.4, 0.5) is 4.79 Å². The summed E-state index contributed by atoms with van der Waals surface area (Å²) in [5, 5.41) is 3.59. The van der Waals surface area contributed by atoms with E-state index in [9.17, 15) is 4.79 Å². The van der Waals surface area contributed by atoms with Gasteiger partial charge in [-0.25, -0.2) is 4.79 Å². The molecule has 4 nitrogen and oxygen atoms in total. The van der Waals surface area contributed by atoms with Crippen molar-refractivity contribution in [2.75, 3.05) is 19.6 Å². The van der Waals surface area contributed by atoms with Gasteiger partial charge in [-0.1, -0.05) is 34.1 Å². The topological polar surface area (TPSA) is 41.6 Å². The van der Waals surface area contributed by atoms with Gasteiger partial charge in [0.05, 0.1) is 0 Å². The van der Waals surface area contributed by atoms with Crippen LogP contribution >= 0.6 is 0 Å². The van der Waals surface area contributed by atoms with Gasteiger partial charge in [0.2, 0.25) is 0 Å². The minimum atomic E-state index is -0.432. The van der Waals surface area contributed by atoms with Crippen LogP contribution in [0.15, 0.2) is 0 Å². The maximum absolute atomic E-state index is 12.2. The lowest BCUT2D eigenvalue weighted by Gasteiger charge is -2.28. The monoisotopic (exact) mass is 314 g/mol. The lowest BCUT2D eigenvalue weighted by Crippen LogP contribution is -2.42. The van der Waals surface area contributed by atoms with Gasteiger partial charge in [0.1, 0.15) is 5.60 Å². The molecular formula is C18H38N2O2. The summed E-state index contributed by atoms with van der Waals surface area (Å²) >= 11 is 0. The molecule has 0 aromatic heterocycles. The summed E-state index contributed by atoms with van der Waals surface area (Å²) in [4.78, 5) is 14.0. The molecule has 1 amide bonds. The highest BCUT2D eigenvalue weighted by atomic mass is 16.6. The number of ether oxygens (including phenoxy) is 1. The molecule has 4 heteroatoms. The van der Waals surface area contributed by atoms with Gasteiger partial charge in [-0.15, -0.1) is 0 Å². The third-order valence-corrected chi connectivity index (χ3v) is 3.84. The number of rotatable bonds is 10. The lowest BCUT2D eigenvalue weighted by molar-refractivity contribution is 0.0250. The van der Waals surface area contributed by atoms with Crippen LogP contribution in [0.3, 0.4) is 0 Å². The van der Waals surface area contributed by atoms with Crippen molar-refractivity contribution in [3.05, 3.63) is 0 Å². The third-order valence-electron chi connectivity index (χ3n) is 3.84. The van der Waals surface area contributed by atoms with E-state index in [0.29, 0.717) is 12.6 Å². The summed E-state index contributed by atoms with van der Waals surface area (Å²) in [6.45, 7) is 16.9. The summed E-state index contributed by atoms with van der Waals surface area (Å²) in [6, 6.07) is 0.539. The minimum absolute atomic E-state index is 0.203. The molecule has 0 aliphatic rings. The van der Waals surface area contributed by atoms with Crippen LogP contribution < -0.4 is 5.32 Å². The molecule has 0 fully saturated rings. The van der Waals surface area contributed by atoms with Crippen molar-refractivity contribution < 1.29 is 9.53 Å². The molecule has 0 saturated heterocycles. The molecule has 0 spiro atoms. The van der Waals surface area contributed by atoms with Crippen molar-refractivity contribution in [2.45, 2.75) is 85.8 Å². The Kier molecular flexibility index (Phi) is 10.5. The summed E-state index contributed by atoms with van der Waals surface area (Å²) in [6.07, 6.45) is 4.30. The van der Waals surface area contributed by atoms with Crippen LogP contribution in [0.2, 0.25) is 0 Å². The zero-order valence-corrected chi connectivity index (χ0v) is 15.9. The molecular weight excluding hydrogens is 276 g/mol. The highest BCUT2D eigenvalue weighted by Crippen LogP contribution is 2.12. The first-order chi connectivity index (χ1) is 10.2. The van der Waals surface area contributed by atoms with Crippen LogP contribution in [-0.4, -0.2) is 42.3 Å². The van der Waals surface area contributed by atoms with Crippen LogP contribution in [0, 0.1) is 5.92 Å². The Hall–Kier alpha value is -0.770. The standard InChI is InChI=1S/C18H38N2O2/c1-8-12-20(17(21)22-18(5,6)7)13-11-19-16(10-3)14-15(4)9-2/h15-16,19H,8-14H2,1-7H3. The van der Waals surface area contributed by atoms with Crippen molar-refractivity contribution in [2.24, 2.45) is 5.92 Å². The van der Waals surface area contributed by atoms with Crippen molar-refractivity contribution in [1.82, 2.24) is 10.2 Å². The van der Waals surface area contributed by atoms with Crippen LogP contribution in [0.25, 0.3) is 0 Å². The summed E-state index contributed by atoms with van der Waals surface area (Å²) in [5.41, 5.74) is -0.432. The summed E-state index contributed by atoms with van der Waals surface area (Å²) < 4.78 is 5.48. The highest BCUT2D eigenvalue weighted by Gasteiger charge is 2.21. The smallest absolute Gasteiger partial charge is 0.410 e. The van der Waals surface area contributed by atoms with Crippen LogP contribution in [-0.2, 0) is 4.74 Å². The van der Waals surface area contributed by atoms with Gasteiger partial charge in [0.15, 0.2) is 0 Å². The summed E-state index contributed by atoms with van der Waals surface area (Å²) in [7, 11) is 0. The molecule has 0 aromatic rings. The fourth-order valence-corrected chi connectivity index (χ4v) is 2.34. The molecule has 132 valence electrons. The second-order valence-corrected chi connectivity index (χ2v) is 7.28. The molecule has 0 saturated carbocycles. The Balaban J connectivity index is 4.31. The van der Waals surface area contributed by atoms with Gasteiger partial charge >= 0.3 is 6.09 Å². The molecule has 2 atom stereocenters. The predicted octanol–water partition coefficient (Wildman–Crippen LogP) is 4.44. The van der Waals surface area contributed by atoms with Crippen LogP contribution in [0.1, 0.15) is 74.1 Å². The third kappa shape index (κ3) is 10.0. The van der Waals surface area contributed by atoms with E-state index in [2.05, 4.69) is 33.0 Å². The Labute approximate surface area is 138 Å². The SMILES string of the molecule is CCCN(CCNC(CC)CC(C)CC)C(=O)OC(C)(C)C. The fourth-order valence-electron chi connectivity index (χ4n) is 2.34. The lowest BCUT2D eigenvalue weighted by atomic mass is 9.98. The zero-order chi connectivity index (χ0) is 17.2. The van der Waals surface area contributed by atoms with Gasteiger partial charge in [-0.2, -0.15) is 0 Å².